The SMILES string of the molecule is c1ccc(-c2cc(-c3ccc(-c4nc(-c5ccccc5)nc5c6ccccc6c(-c6ccccc6)n45)cc3)nc(-c3ccc4ccccc4c3)n2)cc1. The van der Waals surface area contributed by atoms with E-state index >= 15 is 0 Å². The van der Waals surface area contributed by atoms with E-state index in [0.29, 0.717) is 11.6 Å². The predicted octanol–water partition coefficient (Wildman–Crippen LogP) is 11.8. The molecule has 3 aromatic heterocycles. The molecule has 53 heavy (non-hydrogen) atoms. The summed E-state index contributed by atoms with van der Waals surface area (Å²) in [5, 5.41) is 4.56. The first-order valence-electron chi connectivity index (χ1n) is 17.7. The maximum absolute atomic E-state index is 5.28. The molecule has 0 amide bonds. The van der Waals surface area contributed by atoms with Gasteiger partial charge in [0.25, 0.3) is 0 Å². The molecule has 248 valence electrons. The fourth-order valence-corrected chi connectivity index (χ4v) is 7.21. The lowest BCUT2D eigenvalue weighted by molar-refractivity contribution is 1.05. The van der Waals surface area contributed by atoms with Crippen LogP contribution in [0, 0.1) is 0 Å². The highest BCUT2D eigenvalue weighted by Gasteiger charge is 2.21. The van der Waals surface area contributed by atoms with Crippen molar-refractivity contribution in [2.24, 2.45) is 0 Å². The maximum atomic E-state index is 5.28. The smallest absolute Gasteiger partial charge is 0.163 e. The normalized spacial score (nSPS) is 11.4. The number of nitrogens with zero attached hydrogens (tertiary/aromatic N) is 5. The molecule has 0 spiro atoms. The van der Waals surface area contributed by atoms with E-state index < -0.39 is 0 Å². The Morgan fingerprint density at radius 1 is 0.321 bits per heavy atom. The second-order valence-electron chi connectivity index (χ2n) is 13.1. The van der Waals surface area contributed by atoms with Gasteiger partial charge in [0.15, 0.2) is 11.6 Å². The molecule has 0 radical (unpaired) electrons. The van der Waals surface area contributed by atoms with Crippen LogP contribution in [0.5, 0.6) is 0 Å². The van der Waals surface area contributed by atoms with Crippen molar-refractivity contribution in [1.82, 2.24) is 24.3 Å². The molecule has 10 aromatic rings. The minimum Gasteiger partial charge on any atom is -0.277 e. The molecule has 10 rings (SSSR count). The van der Waals surface area contributed by atoms with E-state index in [9.17, 15) is 0 Å². The number of hydrogen-bond acceptors (Lipinski definition) is 4. The summed E-state index contributed by atoms with van der Waals surface area (Å²) < 4.78 is 2.22. The number of rotatable bonds is 6. The van der Waals surface area contributed by atoms with E-state index in [1.807, 2.05) is 42.5 Å². The predicted molar refractivity (Wildman–Crippen MR) is 216 cm³/mol. The summed E-state index contributed by atoms with van der Waals surface area (Å²) in [4.78, 5) is 20.7. The third-order valence-corrected chi connectivity index (χ3v) is 9.82. The van der Waals surface area contributed by atoms with Gasteiger partial charge in [-0.3, -0.25) is 4.40 Å². The Morgan fingerprint density at radius 2 is 0.830 bits per heavy atom. The van der Waals surface area contributed by atoms with Gasteiger partial charge in [-0.15, -0.1) is 0 Å². The van der Waals surface area contributed by atoms with Gasteiger partial charge in [-0.05, 0) is 28.5 Å². The van der Waals surface area contributed by atoms with Crippen molar-refractivity contribution in [1.29, 1.82) is 0 Å². The fourth-order valence-electron chi connectivity index (χ4n) is 7.21. The molecule has 0 saturated heterocycles. The third kappa shape index (κ3) is 5.52. The zero-order valence-electron chi connectivity index (χ0n) is 28.6. The molecule has 0 bridgehead atoms. The van der Waals surface area contributed by atoms with E-state index in [1.54, 1.807) is 0 Å². The zero-order chi connectivity index (χ0) is 35.1. The minimum absolute atomic E-state index is 0.684. The Labute approximate surface area is 306 Å². The molecule has 3 heterocycles. The molecule has 0 N–H and O–H groups in total. The van der Waals surface area contributed by atoms with Crippen LogP contribution in [-0.4, -0.2) is 24.3 Å². The molecule has 0 aliphatic carbocycles. The van der Waals surface area contributed by atoms with E-state index in [2.05, 4.69) is 150 Å². The summed E-state index contributed by atoms with van der Waals surface area (Å²) in [6, 6.07) is 64.9. The second-order valence-corrected chi connectivity index (χ2v) is 13.1. The lowest BCUT2D eigenvalue weighted by Gasteiger charge is -2.13. The Bertz CT molecular complexity index is 2920. The first-order chi connectivity index (χ1) is 26.3. The largest absolute Gasteiger partial charge is 0.277 e. The summed E-state index contributed by atoms with van der Waals surface area (Å²) in [7, 11) is 0. The van der Waals surface area contributed by atoms with Crippen molar-refractivity contribution in [3.63, 3.8) is 0 Å². The van der Waals surface area contributed by atoms with Gasteiger partial charge in [-0.1, -0.05) is 176 Å². The van der Waals surface area contributed by atoms with Crippen LogP contribution >= 0.6 is 0 Å². The fraction of sp³-hybridized carbons (Fsp3) is 0. The first kappa shape index (κ1) is 30.6. The van der Waals surface area contributed by atoms with Gasteiger partial charge in [0.05, 0.1) is 17.1 Å². The van der Waals surface area contributed by atoms with E-state index in [-0.39, 0.29) is 0 Å². The molecule has 7 aromatic carbocycles. The number of aromatic nitrogens is 5. The van der Waals surface area contributed by atoms with Crippen LogP contribution in [0.25, 0.3) is 95.1 Å². The highest BCUT2D eigenvalue weighted by atomic mass is 15.1. The lowest BCUT2D eigenvalue weighted by Crippen LogP contribution is -2.03. The quantitative estimate of drug-likeness (QED) is 0.176. The Balaban J connectivity index is 1.16. The van der Waals surface area contributed by atoms with E-state index in [4.69, 9.17) is 19.9 Å². The summed E-state index contributed by atoms with van der Waals surface area (Å²) in [6.07, 6.45) is 0. The summed E-state index contributed by atoms with van der Waals surface area (Å²) >= 11 is 0. The van der Waals surface area contributed by atoms with Crippen LogP contribution in [0.4, 0.5) is 0 Å². The van der Waals surface area contributed by atoms with E-state index in [0.717, 1.165) is 78.1 Å². The molecule has 0 unspecified atom stereocenters. The molecule has 0 saturated carbocycles. The standard InChI is InChI=1S/C48H31N5/c1-4-15-33(16-5-1)42-31-43(50-46(49-42)39-29-24-32-14-10-11-21-38(32)30-39)34-25-27-37(28-26-34)47-51-45(36-19-8-3-9-20-36)52-48-41-23-13-12-22-40(41)44(53(47)48)35-17-6-2-7-18-35/h1-31H. The van der Waals surface area contributed by atoms with Crippen LogP contribution < -0.4 is 0 Å². The molecular formula is C48H31N5. The van der Waals surface area contributed by atoms with Gasteiger partial charge in [0.2, 0.25) is 0 Å². The number of hydrogen-bond donors (Lipinski definition) is 0. The highest BCUT2D eigenvalue weighted by Crippen LogP contribution is 2.38. The lowest BCUT2D eigenvalue weighted by atomic mass is 10.0. The number of fused-ring (bicyclic) bond motifs is 4. The number of benzene rings is 7. The average Bonchev–Trinajstić information content (AvgIpc) is 3.58. The van der Waals surface area contributed by atoms with Gasteiger partial charge in [-0.2, -0.15) is 0 Å². The van der Waals surface area contributed by atoms with Crippen LogP contribution in [0.15, 0.2) is 188 Å². The maximum Gasteiger partial charge on any atom is 0.163 e. The van der Waals surface area contributed by atoms with Gasteiger partial charge >= 0.3 is 0 Å². The molecular weight excluding hydrogens is 647 g/mol. The Hall–Kier alpha value is -7.24. The second kappa shape index (κ2) is 12.8. The molecule has 0 atom stereocenters. The van der Waals surface area contributed by atoms with Crippen LogP contribution in [0.3, 0.4) is 0 Å². The van der Waals surface area contributed by atoms with Crippen molar-refractivity contribution in [2.75, 3.05) is 0 Å². The topological polar surface area (TPSA) is 56.0 Å². The van der Waals surface area contributed by atoms with Crippen molar-refractivity contribution < 1.29 is 0 Å². The van der Waals surface area contributed by atoms with Gasteiger partial charge in [0.1, 0.15) is 11.5 Å². The third-order valence-electron chi connectivity index (χ3n) is 9.82. The molecule has 0 aliphatic rings. The van der Waals surface area contributed by atoms with E-state index in [1.165, 1.54) is 5.39 Å². The van der Waals surface area contributed by atoms with Crippen molar-refractivity contribution >= 4 is 27.2 Å². The summed E-state index contributed by atoms with van der Waals surface area (Å²) in [5.41, 5.74) is 9.72. The van der Waals surface area contributed by atoms with Crippen molar-refractivity contribution in [3.8, 4) is 67.9 Å². The van der Waals surface area contributed by atoms with Crippen LogP contribution in [0.2, 0.25) is 0 Å². The summed E-state index contributed by atoms with van der Waals surface area (Å²) in [5.74, 6) is 2.19. The Morgan fingerprint density at radius 3 is 1.53 bits per heavy atom. The van der Waals surface area contributed by atoms with Crippen molar-refractivity contribution in [2.45, 2.75) is 0 Å². The Kier molecular flexibility index (Phi) is 7.40. The average molecular weight is 678 g/mol. The first-order valence-corrected chi connectivity index (χ1v) is 17.7. The molecule has 5 nitrogen and oxygen atoms in total. The minimum atomic E-state index is 0.684. The van der Waals surface area contributed by atoms with Gasteiger partial charge < -0.3 is 0 Å². The monoisotopic (exact) mass is 677 g/mol. The highest BCUT2D eigenvalue weighted by molar-refractivity contribution is 6.06. The van der Waals surface area contributed by atoms with Crippen molar-refractivity contribution in [3.05, 3.63) is 188 Å². The van der Waals surface area contributed by atoms with Gasteiger partial charge in [-0.25, -0.2) is 19.9 Å². The van der Waals surface area contributed by atoms with Crippen LogP contribution in [-0.2, 0) is 0 Å². The molecule has 0 fully saturated rings. The summed E-state index contributed by atoms with van der Waals surface area (Å²) in [6.45, 7) is 0. The van der Waals surface area contributed by atoms with Crippen LogP contribution in [0.1, 0.15) is 0 Å². The van der Waals surface area contributed by atoms with Gasteiger partial charge in [0, 0.05) is 38.6 Å². The molecule has 5 heteroatoms. The zero-order valence-corrected chi connectivity index (χ0v) is 28.6. The molecule has 0 aliphatic heterocycles.